The monoisotopic (exact) mass is 290 g/mol. The van der Waals surface area contributed by atoms with E-state index in [0.29, 0.717) is 16.3 Å². The molecule has 0 heterocycles. The molecule has 0 radical (unpaired) electrons. The van der Waals surface area contributed by atoms with Crippen LogP contribution >= 0.6 is 11.8 Å². The van der Waals surface area contributed by atoms with Gasteiger partial charge in [0.05, 0.1) is 17.1 Å². The maximum absolute atomic E-state index is 13.4. The molecule has 0 aliphatic carbocycles. The van der Waals surface area contributed by atoms with Crippen LogP contribution in [0.5, 0.6) is 0 Å². The van der Waals surface area contributed by atoms with Crippen LogP contribution in [0.3, 0.4) is 0 Å². The van der Waals surface area contributed by atoms with Gasteiger partial charge in [-0.2, -0.15) is 0 Å². The summed E-state index contributed by atoms with van der Waals surface area (Å²) in [6, 6.07) is 11.8. The van der Waals surface area contributed by atoms with Crippen molar-refractivity contribution in [1.29, 1.82) is 0 Å². The van der Waals surface area contributed by atoms with Gasteiger partial charge < -0.3 is 11.1 Å². The average molecular weight is 290 g/mol. The average Bonchev–Trinajstić information content (AvgIpc) is 2.42. The molecule has 3 N–H and O–H groups in total. The Bertz CT molecular complexity index is 611. The first-order chi connectivity index (χ1) is 9.58. The number of rotatable bonds is 4. The number of nitrogen functional groups attached to an aromatic ring is 1. The fourth-order valence-electron chi connectivity index (χ4n) is 1.74. The second-order valence-electron chi connectivity index (χ2n) is 4.31. The fourth-order valence-corrected chi connectivity index (χ4v) is 2.48. The molecule has 5 heteroatoms. The standard InChI is InChI=1S/C15H15FN2OS/c1-10-5-4-7-12(17)15(10)18-14(19)9-20-13-8-3-2-6-11(13)16/h2-8H,9,17H2,1H3,(H,18,19). The van der Waals surface area contributed by atoms with Crippen LogP contribution in [0, 0.1) is 12.7 Å². The zero-order valence-corrected chi connectivity index (χ0v) is 11.8. The molecule has 0 aliphatic rings. The van der Waals surface area contributed by atoms with Crippen LogP contribution in [-0.2, 0) is 4.79 Å². The molecule has 0 bridgehead atoms. The molecule has 0 saturated carbocycles. The predicted octanol–water partition coefficient (Wildman–Crippen LogP) is 3.45. The number of benzene rings is 2. The van der Waals surface area contributed by atoms with Gasteiger partial charge in [0.1, 0.15) is 5.82 Å². The summed E-state index contributed by atoms with van der Waals surface area (Å²) in [5.41, 5.74) is 7.86. The van der Waals surface area contributed by atoms with Crippen LogP contribution in [-0.4, -0.2) is 11.7 Å². The quantitative estimate of drug-likeness (QED) is 0.670. The van der Waals surface area contributed by atoms with Crippen molar-refractivity contribution in [3.8, 4) is 0 Å². The van der Waals surface area contributed by atoms with Crippen LogP contribution in [0.2, 0.25) is 0 Å². The highest BCUT2D eigenvalue weighted by Crippen LogP contribution is 2.24. The number of thioether (sulfide) groups is 1. The highest BCUT2D eigenvalue weighted by atomic mass is 32.2. The van der Waals surface area contributed by atoms with E-state index in [1.54, 1.807) is 24.3 Å². The summed E-state index contributed by atoms with van der Waals surface area (Å²) < 4.78 is 13.4. The maximum Gasteiger partial charge on any atom is 0.234 e. The van der Waals surface area contributed by atoms with Gasteiger partial charge in [-0.1, -0.05) is 24.3 Å². The Morgan fingerprint density at radius 1 is 1.25 bits per heavy atom. The number of carbonyl (C=O) groups excluding carboxylic acids is 1. The van der Waals surface area contributed by atoms with Gasteiger partial charge in [-0.15, -0.1) is 11.8 Å². The fraction of sp³-hybridized carbons (Fsp3) is 0.133. The van der Waals surface area contributed by atoms with Gasteiger partial charge in [-0.3, -0.25) is 4.79 Å². The zero-order chi connectivity index (χ0) is 14.5. The minimum absolute atomic E-state index is 0.134. The van der Waals surface area contributed by atoms with Crippen LogP contribution < -0.4 is 11.1 Å². The minimum atomic E-state index is -0.319. The van der Waals surface area contributed by atoms with E-state index in [4.69, 9.17) is 5.73 Å². The highest BCUT2D eigenvalue weighted by molar-refractivity contribution is 8.00. The van der Waals surface area contributed by atoms with Gasteiger partial charge in [-0.25, -0.2) is 4.39 Å². The predicted molar refractivity (Wildman–Crippen MR) is 81.3 cm³/mol. The number of hydrogen-bond donors (Lipinski definition) is 2. The lowest BCUT2D eigenvalue weighted by molar-refractivity contribution is -0.113. The van der Waals surface area contributed by atoms with Crippen LogP contribution in [0.25, 0.3) is 0 Å². The van der Waals surface area contributed by atoms with Crippen LogP contribution in [0.4, 0.5) is 15.8 Å². The Morgan fingerprint density at radius 2 is 2.00 bits per heavy atom. The Morgan fingerprint density at radius 3 is 2.70 bits per heavy atom. The molecule has 0 atom stereocenters. The molecular weight excluding hydrogens is 275 g/mol. The minimum Gasteiger partial charge on any atom is -0.397 e. The molecule has 104 valence electrons. The lowest BCUT2D eigenvalue weighted by Gasteiger charge is -2.11. The molecule has 0 saturated heterocycles. The second-order valence-corrected chi connectivity index (χ2v) is 5.32. The number of nitrogens with two attached hydrogens (primary N) is 1. The molecule has 3 nitrogen and oxygen atoms in total. The summed E-state index contributed by atoms with van der Waals surface area (Å²) in [6.07, 6.45) is 0. The first kappa shape index (κ1) is 14.4. The number of halogens is 1. The van der Waals surface area contributed by atoms with Crippen molar-refractivity contribution in [3.05, 3.63) is 53.8 Å². The topological polar surface area (TPSA) is 55.1 Å². The van der Waals surface area contributed by atoms with E-state index in [1.807, 2.05) is 19.1 Å². The lowest BCUT2D eigenvalue weighted by Crippen LogP contribution is -2.16. The molecule has 20 heavy (non-hydrogen) atoms. The summed E-state index contributed by atoms with van der Waals surface area (Å²) in [4.78, 5) is 12.4. The van der Waals surface area contributed by atoms with E-state index in [-0.39, 0.29) is 17.5 Å². The number of amides is 1. The van der Waals surface area contributed by atoms with Crippen LogP contribution in [0.1, 0.15) is 5.56 Å². The number of anilines is 2. The largest absolute Gasteiger partial charge is 0.397 e. The maximum atomic E-state index is 13.4. The first-order valence-electron chi connectivity index (χ1n) is 6.10. The smallest absolute Gasteiger partial charge is 0.234 e. The normalized spacial score (nSPS) is 10.3. The number of para-hydroxylation sites is 1. The Labute approximate surface area is 121 Å². The molecule has 1 amide bonds. The molecule has 0 aliphatic heterocycles. The number of aryl methyl sites for hydroxylation is 1. The Balaban J connectivity index is 1.98. The van der Waals surface area contributed by atoms with Gasteiger partial charge in [0.15, 0.2) is 0 Å². The second kappa shape index (κ2) is 6.43. The molecule has 2 aromatic carbocycles. The highest BCUT2D eigenvalue weighted by Gasteiger charge is 2.09. The summed E-state index contributed by atoms with van der Waals surface area (Å²) in [5, 5.41) is 2.76. The summed E-state index contributed by atoms with van der Waals surface area (Å²) in [6.45, 7) is 1.87. The SMILES string of the molecule is Cc1cccc(N)c1NC(=O)CSc1ccccc1F. The number of hydrogen-bond acceptors (Lipinski definition) is 3. The Kier molecular flexibility index (Phi) is 4.63. The molecule has 2 rings (SSSR count). The van der Waals surface area contributed by atoms with E-state index in [0.717, 1.165) is 17.3 Å². The summed E-state index contributed by atoms with van der Waals surface area (Å²) in [5.74, 6) is -0.394. The van der Waals surface area contributed by atoms with Crippen LogP contribution in [0.15, 0.2) is 47.4 Å². The summed E-state index contributed by atoms with van der Waals surface area (Å²) >= 11 is 1.16. The number of nitrogens with one attached hydrogen (secondary N) is 1. The van der Waals surface area contributed by atoms with Gasteiger partial charge in [0.2, 0.25) is 5.91 Å². The van der Waals surface area contributed by atoms with Crippen molar-refractivity contribution in [3.63, 3.8) is 0 Å². The van der Waals surface area contributed by atoms with E-state index in [9.17, 15) is 9.18 Å². The third kappa shape index (κ3) is 3.51. The van der Waals surface area contributed by atoms with Crippen molar-refractivity contribution < 1.29 is 9.18 Å². The third-order valence-corrected chi connectivity index (χ3v) is 3.81. The molecular formula is C15H15FN2OS. The van der Waals surface area contributed by atoms with Gasteiger partial charge in [0.25, 0.3) is 0 Å². The van der Waals surface area contributed by atoms with Gasteiger partial charge in [0, 0.05) is 4.90 Å². The van der Waals surface area contributed by atoms with Gasteiger partial charge >= 0.3 is 0 Å². The summed E-state index contributed by atoms with van der Waals surface area (Å²) in [7, 11) is 0. The van der Waals surface area contributed by atoms with Crippen molar-refractivity contribution >= 4 is 29.0 Å². The van der Waals surface area contributed by atoms with Crippen molar-refractivity contribution in [2.24, 2.45) is 0 Å². The van der Waals surface area contributed by atoms with Crippen molar-refractivity contribution in [1.82, 2.24) is 0 Å². The Hall–Kier alpha value is -2.01. The first-order valence-corrected chi connectivity index (χ1v) is 7.09. The van der Waals surface area contributed by atoms with E-state index < -0.39 is 0 Å². The zero-order valence-electron chi connectivity index (χ0n) is 11.0. The third-order valence-electron chi connectivity index (χ3n) is 2.76. The number of carbonyl (C=O) groups is 1. The molecule has 0 fully saturated rings. The van der Waals surface area contributed by atoms with E-state index in [1.165, 1.54) is 6.07 Å². The molecule has 0 spiro atoms. The molecule has 0 aromatic heterocycles. The molecule has 2 aromatic rings. The van der Waals surface area contributed by atoms with Crippen molar-refractivity contribution in [2.75, 3.05) is 16.8 Å². The lowest BCUT2D eigenvalue weighted by atomic mass is 10.1. The van der Waals surface area contributed by atoms with Crippen molar-refractivity contribution in [2.45, 2.75) is 11.8 Å². The van der Waals surface area contributed by atoms with E-state index >= 15 is 0 Å². The van der Waals surface area contributed by atoms with Gasteiger partial charge in [-0.05, 0) is 30.7 Å². The molecule has 0 unspecified atom stereocenters. The van der Waals surface area contributed by atoms with E-state index in [2.05, 4.69) is 5.32 Å².